The number of rotatable bonds is 7. The van der Waals surface area contributed by atoms with Gasteiger partial charge in [-0.3, -0.25) is 19.4 Å². The van der Waals surface area contributed by atoms with Crippen molar-refractivity contribution in [3.63, 3.8) is 0 Å². The van der Waals surface area contributed by atoms with Crippen LogP contribution >= 0.6 is 11.6 Å². The Labute approximate surface area is 230 Å². The number of fused-ring (bicyclic) bond motifs is 1. The molecule has 1 aromatic carbocycles. The fourth-order valence-corrected chi connectivity index (χ4v) is 5.01. The van der Waals surface area contributed by atoms with Gasteiger partial charge in [0.2, 0.25) is 0 Å². The van der Waals surface area contributed by atoms with Gasteiger partial charge in [-0.2, -0.15) is 0 Å². The van der Waals surface area contributed by atoms with E-state index in [0.29, 0.717) is 34.8 Å². The summed E-state index contributed by atoms with van der Waals surface area (Å²) in [5, 5.41) is 2.92. The van der Waals surface area contributed by atoms with Crippen molar-refractivity contribution < 1.29 is 19.1 Å². The molecule has 1 aliphatic rings. The van der Waals surface area contributed by atoms with E-state index in [1.165, 1.54) is 13.3 Å². The molecule has 0 saturated carbocycles. The average molecular weight is 544 g/mol. The lowest BCUT2D eigenvalue weighted by Gasteiger charge is -2.29. The molecule has 198 valence electrons. The molecule has 1 aliphatic heterocycles. The predicted molar refractivity (Wildman–Crippen MR) is 146 cm³/mol. The van der Waals surface area contributed by atoms with Crippen molar-refractivity contribution in [2.45, 2.75) is 25.4 Å². The molecule has 1 N–H and O–H groups in total. The Kier molecular flexibility index (Phi) is 7.42. The highest BCUT2D eigenvalue weighted by atomic mass is 35.5. The van der Waals surface area contributed by atoms with Gasteiger partial charge in [-0.25, -0.2) is 4.98 Å². The topological polar surface area (TPSA) is 106 Å². The third kappa shape index (κ3) is 5.53. The SMILES string of the molecule is COc1ccnc(NC(=O)c2ccc(CN3C(=O)c4c(ccn4C)CC(=O)C3Cc3ccccn3)cc2Cl)c1. The minimum atomic E-state index is -0.708. The number of ketones is 1. The fourth-order valence-electron chi connectivity index (χ4n) is 4.72. The number of aryl methyl sites for hydroxylation is 1. The van der Waals surface area contributed by atoms with Crippen molar-refractivity contribution >= 4 is 35.0 Å². The summed E-state index contributed by atoms with van der Waals surface area (Å²) in [6.45, 7) is 0.131. The van der Waals surface area contributed by atoms with E-state index in [2.05, 4.69) is 15.3 Å². The van der Waals surface area contributed by atoms with Crippen molar-refractivity contribution in [1.29, 1.82) is 0 Å². The molecule has 0 spiro atoms. The van der Waals surface area contributed by atoms with Crippen LogP contribution in [0.15, 0.2) is 73.2 Å². The van der Waals surface area contributed by atoms with Gasteiger partial charge >= 0.3 is 0 Å². The van der Waals surface area contributed by atoms with Gasteiger partial charge in [-0.15, -0.1) is 0 Å². The first kappa shape index (κ1) is 26.1. The maximum atomic E-state index is 13.8. The fraction of sp³-hybridized carbons (Fsp3) is 0.207. The largest absolute Gasteiger partial charge is 0.497 e. The van der Waals surface area contributed by atoms with Crippen molar-refractivity contribution in [1.82, 2.24) is 19.4 Å². The summed E-state index contributed by atoms with van der Waals surface area (Å²) in [5.41, 5.74) is 2.84. The van der Waals surface area contributed by atoms with Gasteiger partial charge in [0.25, 0.3) is 11.8 Å². The van der Waals surface area contributed by atoms with Crippen LogP contribution in [0.1, 0.15) is 37.7 Å². The van der Waals surface area contributed by atoms with E-state index in [1.807, 2.05) is 18.2 Å². The van der Waals surface area contributed by atoms with Gasteiger partial charge in [0.15, 0.2) is 5.78 Å². The minimum absolute atomic E-state index is 0.0631. The number of nitrogens with one attached hydrogen (secondary N) is 1. The Bertz CT molecular complexity index is 1550. The van der Waals surface area contributed by atoms with Crippen LogP contribution in [0.4, 0.5) is 5.82 Å². The Morgan fingerprint density at radius 2 is 1.95 bits per heavy atom. The van der Waals surface area contributed by atoms with Crippen LogP contribution in [0.3, 0.4) is 0 Å². The van der Waals surface area contributed by atoms with E-state index in [9.17, 15) is 14.4 Å². The minimum Gasteiger partial charge on any atom is -0.497 e. The molecule has 9 nitrogen and oxygen atoms in total. The number of Topliss-reactive ketones (excluding diaryl/α,β-unsaturated/α-hetero) is 1. The van der Waals surface area contributed by atoms with E-state index in [0.717, 1.165) is 5.69 Å². The van der Waals surface area contributed by atoms with Crippen molar-refractivity contribution in [3.8, 4) is 5.75 Å². The molecule has 0 aliphatic carbocycles. The first-order valence-corrected chi connectivity index (χ1v) is 12.7. The van der Waals surface area contributed by atoms with Crippen LogP contribution in [0.25, 0.3) is 0 Å². The Hall–Kier alpha value is -4.50. The van der Waals surface area contributed by atoms with Gasteiger partial charge in [0.05, 0.1) is 23.7 Å². The second-order valence-electron chi connectivity index (χ2n) is 9.27. The number of pyridine rings is 2. The second kappa shape index (κ2) is 11.1. The summed E-state index contributed by atoms with van der Waals surface area (Å²) in [7, 11) is 3.32. The molecule has 1 atom stereocenters. The zero-order chi connectivity index (χ0) is 27.5. The molecular formula is C29H26ClN5O4. The summed E-state index contributed by atoms with van der Waals surface area (Å²) in [4.78, 5) is 50.2. The van der Waals surface area contributed by atoms with Gasteiger partial charge < -0.3 is 19.5 Å². The van der Waals surface area contributed by atoms with E-state index >= 15 is 0 Å². The molecule has 10 heteroatoms. The van der Waals surface area contributed by atoms with E-state index < -0.39 is 11.9 Å². The molecule has 0 radical (unpaired) electrons. The number of aromatic nitrogens is 3. The predicted octanol–water partition coefficient (Wildman–Crippen LogP) is 4.11. The average Bonchev–Trinajstić information content (AvgIpc) is 3.26. The monoisotopic (exact) mass is 543 g/mol. The number of hydrogen-bond acceptors (Lipinski definition) is 6. The van der Waals surface area contributed by atoms with Gasteiger partial charge in [-0.05, 0) is 47.5 Å². The summed E-state index contributed by atoms with van der Waals surface area (Å²) < 4.78 is 6.91. The normalized spacial score (nSPS) is 15.1. The lowest BCUT2D eigenvalue weighted by Crippen LogP contribution is -2.45. The summed E-state index contributed by atoms with van der Waals surface area (Å²) in [6, 6.07) is 14.8. The molecular weight excluding hydrogens is 518 g/mol. The highest BCUT2D eigenvalue weighted by Gasteiger charge is 2.37. The Morgan fingerprint density at radius 3 is 2.69 bits per heavy atom. The number of methoxy groups -OCH3 is 1. The number of amides is 2. The van der Waals surface area contributed by atoms with Gasteiger partial charge in [0, 0.05) is 56.8 Å². The molecule has 3 aromatic heterocycles. The lowest BCUT2D eigenvalue weighted by atomic mass is 10.0. The lowest BCUT2D eigenvalue weighted by molar-refractivity contribution is -0.122. The molecule has 2 amide bonds. The summed E-state index contributed by atoms with van der Waals surface area (Å²) >= 11 is 6.53. The second-order valence-corrected chi connectivity index (χ2v) is 9.67. The number of nitrogens with zero attached hydrogens (tertiary/aromatic N) is 4. The van der Waals surface area contributed by atoms with Gasteiger partial charge in [-0.1, -0.05) is 23.7 Å². The van der Waals surface area contributed by atoms with Crippen LogP contribution in [0.2, 0.25) is 5.02 Å². The van der Waals surface area contributed by atoms with Crippen molar-refractivity contribution in [2.24, 2.45) is 7.05 Å². The number of anilines is 1. The molecule has 0 fully saturated rings. The maximum absolute atomic E-state index is 13.8. The zero-order valence-electron chi connectivity index (χ0n) is 21.4. The van der Waals surface area contributed by atoms with E-state index in [1.54, 1.807) is 65.3 Å². The van der Waals surface area contributed by atoms with Crippen LogP contribution in [-0.4, -0.2) is 50.2 Å². The van der Waals surface area contributed by atoms with Crippen molar-refractivity contribution in [3.05, 3.63) is 106 Å². The zero-order valence-corrected chi connectivity index (χ0v) is 22.2. The number of carbonyl (C=O) groups excluding carboxylic acids is 3. The molecule has 4 heterocycles. The Balaban J connectivity index is 1.42. The van der Waals surface area contributed by atoms with Crippen LogP contribution < -0.4 is 10.1 Å². The number of benzene rings is 1. The number of halogens is 1. The van der Waals surface area contributed by atoms with Crippen molar-refractivity contribution in [2.75, 3.05) is 12.4 Å². The molecule has 0 bridgehead atoms. The summed E-state index contributed by atoms with van der Waals surface area (Å²) in [5.74, 6) is 0.136. The molecule has 1 unspecified atom stereocenters. The maximum Gasteiger partial charge on any atom is 0.271 e. The molecule has 5 rings (SSSR count). The number of hydrogen-bond donors (Lipinski definition) is 1. The van der Waals surface area contributed by atoms with E-state index in [4.69, 9.17) is 16.3 Å². The highest BCUT2D eigenvalue weighted by molar-refractivity contribution is 6.34. The standard InChI is InChI=1S/C29H26ClN5O4/c1-34-12-9-19-14-25(36)24(15-20-5-3-4-10-31-20)35(29(38)27(19)34)17-18-6-7-22(23(30)13-18)28(37)33-26-16-21(39-2)8-11-32-26/h3-13,16,24H,14-15,17H2,1-2H3,(H,32,33,37). The first-order valence-electron chi connectivity index (χ1n) is 12.3. The van der Waals surface area contributed by atoms with Gasteiger partial charge in [0.1, 0.15) is 17.3 Å². The number of ether oxygens (including phenoxy) is 1. The quantitative estimate of drug-likeness (QED) is 0.376. The van der Waals surface area contributed by atoms with Crippen LogP contribution in [0.5, 0.6) is 5.75 Å². The van der Waals surface area contributed by atoms with Crippen LogP contribution in [0, 0.1) is 0 Å². The molecule has 4 aromatic rings. The van der Waals surface area contributed by atoms with E-state index in [-0.39, 0.29) is 35.2 Å². The smallest absolute Gasteiger partial charge is 0.271 e. The molecule has 39 heavy (non-hydrogen) atoms. The third-order valence-corrected chi connectivity index (χ3v) is 7.01. The highest BCUT2D eigenvalue weighted by Crippen LogP contribution is 2.27. The molecule has 0 saturated heterocycles. The first-order chi connectivity index (χ1) is 18.8. The third-order valence-electron chi connectivity index (χ3n) is 6.70. The summed E-state index contributed by atoms with van der Waals surface area (Å²) in [6.07, 6.45) is 5.43. The van der Waals surface area contributed by atoms with Crippen LogP contribution in [-0.2, 0) is 31.2 Å². The Morgan fingerprint density at radius 1 is 1.10 bits per heavy atom. The number of carbonyl (C=O) groups is 3.